The van der Waals surface area contributed by atoms with Gasteiger partial charge in [0.15, 0.2) is 0 Å². The van der Waals surface area contributed by atoms with Crippen molar-refractivity contribution in [3.63, 3.8) is 0 Å². The average Bonchev–Trinajstić information content (AvgIpc) is 2.28. The smallest absolute Gasteiger partial charge is 0.253 e. The molecule has 0 aliphatic carbocycles. The Morgan fingerprint density at radius 2 is 1.83 bits per heavy atom. The molecule has 1 aromatic heterocycles. The molecule has 0 saturated heterocycles. The van der Waals surface area contributed by atoms with Crippen molar-refractivity contribution in [3.8, 4) is 11.3 Å². The molecular formula is C13H9ClF3N. The highest BCUT2D eigenvalue weighted by Gasteiger charge is 2.33. The van der Waals surface area contributed by atoms with Crippen molar-refractivity contribution in [3.05, 3.63) is 52.7 Å². The summed E-state index contributed by atoms with van der Waals surface area (Å²) in [6.07, 6.45) is -4.46. The minimum atomic E-state index is -4.46. The second-order valence-corrected chi connectivity index (χ2v) is 4.26. The lowest BCUT2D eigenvalue weighted by Gasteiger charge is -2.10. The molecule has 0 saturated carbocycles. The zero-order valence-corrected chi connectivity index (χ0v) is 10.2. The normalized spacial score (nSPS) is 11.6. The molecule has 0 amide bonds. The maximum Gasteiger partial charge on any atom is 0.417 e. The van der Waals surface area contributed by atoms with E-state index in [-0.39, 0.29) is 5.02 Å². The molecule has 0 atom stereocenters. The molecule has 0 spiro atoms. The van der Waals surface area contributed by atoms with E-state index in [1.54, 1.807) is 25.1 Å². The van der Waals surface area contributed by atoms with Gasteiger partial charge in [-0.1, -0.05) is 23.7 Å². The first-order valence-electron chi connectivity index (χ1n) is 5.19. The lowest BCUT2D eigenvalue weighted by atomic mass is 10.1. The van der Waals surface area contributed by atoms with Crippen LogP contribution in [0.3, 0.4) is 0 Å². The topological polar surface area (TPSA) is 12.9 Å². The summed E-state index contributed by atoms with van der Waals surface area (Å²) in [6.45, 7) is 1.78. The minimum Gasteiger partial charge on any atom is -0.253 e. The summed E-state index contributed by atoms with van der Waals surface area (Å²) < 4.78 is 38.2. The second-order valence-electron chi connectivity index (χ2n) is 3.86. The van der Waals surface area contributed by atoms with Gasteiger partial charge >= 0.3 is 6.18 Å². The largest absolute Gasteiger partial charge is 0.417 e. The van der Waals surface area contributed by atoms with E-state index >= 15 is 0 Å². The predicted molar refractivity (Wildman–Crippen MR) is 64.4 cm³/mol. The van der Waals surface area contributed by atoms with Crippen LogP contribution in [0.5, 0.6) is 0 Å². The number of nitrogens with zero attached hydrogens (tertiary/aromatic N) is 1. The molecule has 0 aliphatic rings. The van der Waals surface area contributed by atoms with E-state index < -0.39 is 11.7 Å². The Kier molecular flexibility index (Phi) is 3.30. The molecule has 2 aromatic rings. The summed E-state index contributed by atoms with van der Waals surface area (Å²) in [5.74, 6) is 0. The van der Waals surface area contributed by atoms with Crippen molar-refractivity contribution in [1.82, 2.24) is 4.98 Å². The van der Waals surface area contributed by atoms with Crippen molar-refractivity contribution in [2.45, 2.75) is 13.1 Å². The van der Waals surface area contributed by atoms with Crippen molar-refractivity contribution in [1.29, 1.82) is 0 Å². The van der Waals surface area contributed by atoms with Crippen LogP contribution in [-0.4, -0.2) is 4.98 Å². The number of halogens is 4. The minimum absolute atomic E-state index is 0.307. The van der Waals surface area contributed by atoms with Crippen LogP contribution in [0.25, 0.3) is 11.3 Å². The van der Waals surface area contributed by atoms with Gasteiger partial charge in [0.05, 0.1) is 16.3 Å². The molecule has 2 rings (SSSR count). The molecule has 1 aromatic carbocycles. The first kappa shape index (κ1) is 12.9. The molecule has 1 heterocycles. The van der Waals surface area contributed by atoms with Gasteiger partial charge in [0.2, 0.25) is 0 Å². The zero-order chi connectivity index (χ0) is 13.3. The summed E-state index contributed by atoms with van der Waals surface area (Å²) in [6, 6.07) is 8.98. The van der Waals surface area contributed by atoms with Gasteiger partial charge in [0.1, 0.15) is 0 Å². The number of hydrogen-bond acceptors (Lipinski definition) is 1. The Morgan fingerprint density at radius 3 is 2.44 bits per heavy atom. The van der Waals surface area contributed by atoms with Crippen LogP contribution in [-0.2, 0) is 6.18 Å². The highest BCUT2D eigenvalue weighted by molar-refractivity contribution is 6.31. The number of alkyl halides is 3. The van der Waals surface area contributed by atoms with Gasteiger partial charge in [0, 0.05) is 11.3 Å². The highest BCUT2D eigenvalue weighted by Crippen LogP contribution is 2.36. The number of aryl methyl sites for hydroxylation is 1. The third-order valence-electron chi connectivity index (χ3n) is 2.46. The number of rotatable bonds is 1. The molecular weight excluding hydrogens is 263 g/mol. The molecule has 0 bridgehead atoms. The van der Waals surface area contributed by atoms with Gasteiger partial charge in [0.25, 0.3) is 0 Å². The van der Waals surface area contributed by atoms with E-state index in [1.165, 1.54) is 12.1 Å². The summed E-state index contributed by atoms with van der Waals surface area (Å²) in [5.41, 5.74) is 0.800. The summed E-state index contributed by atoms with van der Waals surface area (Å²) in [7, 11) is 0. The standard InChI is InChI=1S/C13H9ClF3N/c1-8-3-2-4-12(18-8)9-5-6-11(14)10(7-9)13(15,16)17/h2-7H,1H3. The summed E-state index contributed by atoms with van der Waals surface area (Å²) in [5, 5.41) is -0.307. The lowest BCUT2D eigenvalue weighted by molar-refractivity contribution is -0.137. The third-order valence-corrected chi connectivity index (χ3v) is 2.79. The first-order valence-corrected chi connectivity index (χ1v) is 5.56. The Hall–Kier alpha value is -1.55. The first-order chi connectivity index (χ1) is 8.38. The Bertz CT molecular complexity index is 579. The van der Waals surface area contributed by atoms with Gasteiger partial charge in [-0.3, -0.25) is 4.98 Å². The van der Waals surface area contributed by atoms with E-state index in [0.29, 0.717) is 11.3 Å². The van der Waals surface area contributed by atoms with Crippen LogP contribution in [0.4, 0.5) is 13.2 Å². The monoisotopic (exact) mass is 271 g/mol. The molecule has 5 heteroatoms. The van der Waals surface area contributed by atoms with E-state index in [0.717, 1.165) is 11.8 Å². The van der Waals surface area contributed by atoms with Gasteiger partial charge in [-0.25, -0.2) is 0 Å². The van der Waals surface area contributed by atoms with E-state index in [9.17, 15) is 13.2 Å². The van der Waals surface area contributed by atoms with Crippen LogP contribution in [0.2, 0.25) is 5.02 Å². The van der Waals surface area contributed by atoms with Gasteiger partial charge < -0.3 is 0 Å². The van der Waals surface area contributed by atoms with Gasteiger partial charge in [-0.2, -0.15) is 13.2 Å². The lowest BCUT2D eigenvalue weighted by Crippen LogP contribution is -2.06. The molecule has 1 nitrogen and oxygen atoms in total. The van der Waals surface area contributed by atoms with Crippen molar-refractivity contribution in [2.75, 3.05) is 0 Å². The van der Waals surface area contributed by atoms with Crippen LogP contribution >= 0.6 is 11.6 Å². The molecule has 0 N–H and O–H groups in total. The fraction of sp³-hybridized carbons (Fsp3) is 0.154. The third kappa shape index (κ3) is 2.64. The van der Waals surface area contributed by atoms with Crippen LogP contribution in [0.15, 0.2) is 36.4 Å². The number of aromatic nitrogens is 1. The number of hydrogen-bond donors (Lipinski definition) is 0. The van der Waals surface area contributed by atoms with Gasteiger partial charge in [-0.15, -0.1) is 0 Å². The molecule has 0 aliphatic heterocycles. The van der Waals surface area contributed by atoms with E-state index in [2.05, 4.69) is 4.98 Å². The molecule has 0 unspecified atom stereocenters. The average molecular weight is 272 g/mol. The van der Waals surface area contributed by atoms with E-state index in [4.69, 9.17) is 11.6 Å². The van der Waals surface area contributed by atoms with Crippen LogP contribution in [0, 0.1) is 6.92 Å². The SMILES string of the molecule is Cc1cccc(-c2ccc(Cl)c(C(F)(F)F)c2)n1. The molecule has 18 heavy (non-hydrogen) atoms. The maximum absolute atomic E-state index is 12.7. The molecule has 94 valence electrons. The van der Waals surface area contributed by atoms with Crippen LogP contribution in [0.1, 0.15) is 11.3 Å². The fourth-order valence-electron chi connectivity index (χ4n) is 1.61. The molecule has 0 fully saturated rings. The fourth-order valence-corrected chi connectivity index (χ4v) is 1.83. The Balaban J connectivity index is 2.54. The second kappa shape index (κ2) is 4.61. The van der Waals surface area contributed by atoms with Crippen molar-refractivity contribution >= 4 is 11.6 Å². The zero-order valence-electron chi connectivity index (χ0n) is 9.42. The van der Waals surface area contributed by atoms with Crippen LogP contribution < -0.4 is 0 Å². The summed E-state index contributed by atoms with van der Waals surface area (Å²) in [4.78, 5) is 4.19. The van der Waals surface area contributed by atoms with Crippen molar-refractivity contribution in [2.24, 2.45) is 0 Å². The Labute approximate surface area is 107 Å². The maximum atomic E-state index is 12.7. The number of benzene rings is 1. The number of pyridine rings is 1. The summed E-state index contributed by atoms with van der Waals surface area (Å²) >= 11 is 5.56. The van der Waals surface area contributed by atoms with Gasteiger partial charge in [-0.05, 0) is 31.2 Å². The van der Waals surface area contributed by atoms with E-state index in [1.807, 2.05) is 0 Å². The van der Waals surface area contributed by atoms with Crippen molar-refractivity contribution < 1.29 is 13.2 Å². The highest BCUT2D eigenvalue weighted by atomic mass is 35.5. The quantitative estimate of drug-likeness (QED) is 0.731. The molecule has 0 radical (unpaired) electrons. The predicted octanol–water partition coefficient (Wildman–Crippen LogP) is 4.73. The Morgan fingerprint density at radius 1 is 1.11 bits per heavy atom.